The zero-order valence-corrected chi connectivity index (χ0v) is 10.7. The van der Waals surface area contributed by atoms with Gasteiger partial charge >= 0.3 is 5.97 Å². The lowest BCUT2D eigenvalue weighted by Gasteiger charge is -2.06. The molecule has 1 amide bonds. The quantitative estimate of drug-likeness (QED) is 0.512. The lowest BCUT2D eigenvalue weighted by molar-refractivity contribution is -0.142. The number of rotatable bonds is 5. The second-order valence-electron chi connectivity index (χ2n) is 3.66. The molecule has 0 atom stereocenters. The van der Waals surface area contributed by atoms with Gasteiger partial charge in [-0.25, -0.2) is 13.6 Å². The molecule has 0 saturated carbocycles. The van der Waals surface area contributed by atoms with Crippen LogP contribution in [0.15, 0.2) is 42.5 Å². The number of hydrogen-bond donors (Lipinski definition) is 1. The average Bonchev–Trinajstić information content (AvgIpc) is 2.41. The third kappa shape index (κ3) is 5.43. The standard InChI is InChI=1S/C14H13F2NO3/c1-2-3-4-5-14(19)20-9-13(18)17-12-8-10(15)6-7-11(12)16/h2-8H,9H2,1H3,(H,17,18)/b3-2+,5-4+. The third-order valence-corrected chi connectivity index (χ3v) is 2.08. The Morgan fingerprint density at radius 3 is 2.75 bits per heavy atom. The maximum Gasteiger partial charge on any atom is 0.331 e. The first-order chi connectivity index (χ1) is 9.52. The summed E-state index contributed by atoms with van der Waals surface area (Å²) in [4.78, 5) is 22.5. The Morgan fingerprint density at radius 1 is 1.30 bits per heavy atom. The molecule has 0 aliphatic rings. The molecule has 1 rings (SSSR count). The molecule has 1 aromatic carbocycles. The van der Waals surface area contributed by atoms with Crippen molar-refractivity contribution in [1.29, 1.82) is 0 Å². The average molecular weight is 281 g/mol. The van der Waals surface area contributed by atoms with Gasteiger partial charge in [-0.05, 0) is 19.1 Å². The van der Waals surface area contributed by atoms with Gasteiger partial charge in [0.2, 0.25) is 0 Å². The van der Waals surface area contributed by atoms with Crippen molar-refractivity contribution in [3.8, 4) is 0 Å². The van der Waals surface area contributed by atoms with Gasteiger partial charge in [-0.1, -0.05) is 18.2 Å². The van der Waals surface area contributed by atoms with Crippen LogP contribution in [-0.4, -0.2) is 18.5 Å². The molecule has 106 valence electrons. The summed E-state index contributed by atoms with van der Waals surface area (Å²) in [6.45, 7) is 1.19. The highest BCUT2D eigenvalue weighted by molar-refractivity contribution is 5.93. The molecule has 6 heteroatoms. The Kier molecular flexibility index (Phi) is 6.09. The monoisotopic (exact) mass is 281 g/mol. The van der Waals surface area contributed by atoms with Gasteiger partial charge in [0.15, 0.2) is 6.61 Å². The molecule has 0 saturated heterocycles. The summed E-state index contributed by atoms with van der Waals surface area (Å²) in [6.07, 6.45) is 5.91. The number of anilines is 1. The van der Waals surface area contributed by atoms with E-state index in [0.29, 0.717) is 0 Å². The van der Waals surface area contributed by atoms with Crippen molar-refractivity contribution in [3.63, 3.8) is 0 Å². The maximum atomic E-state index is 13.2. The number of amides is 1. The van der Waals surface area contributed by atoms with Crippen LogP contribution >= 0.6 is 0 Å². The molecule has 0 aliphatic heterocycles. The lowest BCUT2D eigenvalue weighted by atomic mass is 10.3. The minimum atomic E-state index is -0.779. The fourth-order valence-corrected chi connectivity index (χ4v) is 1.21. The van der Waals surface area contributed by atoms with E-state index in [-0.39, 0.29) is 5.69 Å². The Balaban J connectivity index is 2.48. The van der Waals surface area contributed by atoms with Crippen LogP contribution in [0.5, 0.6) is 0 Å². The lowest BCUT2D eigenvalue weighted by Crippen LogP contribution is -2.20. The van der Waals surface area contributed by atoms with E-state index in [0.717, 1.165) is 24.3 Å². The Labute approximate surface area is 114 Å². The number of carbonyl (C=O) groups excluding carboxylic acids is 2. The number of halogens is 2. The van der Waals surface area contributed by atoms with Crippen molar-refractivity contribution in [2.24, 2.45) is 0 Å². The maximum absolute atomic E-state index is 13.2. The van der Waals surface area contributed by atoms with Crippen LogP contribution in [0.1, 0.15) is 6.92 Å². The highest BCUT2D eigenvalue weighted by Crippen LogP contribution is 2.14. The van der Waals surface area contributed by atoms with Crippen LogP contribution in [0.4, 0.5) is 14.5 Å². The molecular weight excluding hydrogens is 268 g/mol. The van der Waals surface area contributed by atoms with Crippen molar-refractivity contribution in [1.82, 2.24) is 0 Å². The third-order valence-electron chi connectivity index (χ3n) is 2.08. The first-order valence-corrected chi connectivity index (χ1v) is 5.74. The van der Waals surface area contributed by atoms with E-state index in [2.05, 4.69) is 10.1 Å². The first-order valence-electron chi connectivity index (χ1n) is 5.74. The predicted molar refractivity (Wildman–Crippen MR) is 69.9 cm³/mol. The second-order valence-corrected chi connectivity index (χ2v) is 3.66. The zero-order chi connectivity index (χ0) is 15.0. The van der Waals surface area contributed by atoms with Crippen molar-refractivity contribution in [2.75, 3.05) is 11.9 Å². The van der Waals surface area contributed by atoms with Crippen molar-refractivity contribution < 1.29 is 23.1 Å². The van der Waals surface area contributed by atoms with E-state index in [1.54, 1.807) is 19.1 Å². The van der Waals surface area contributed by atoms with Crippen molar-refractivity contribution >= 4 is 17.6 Å². The molecule has 0 aliphatic carbocycles. The van der Waals surface area contributed by atoms with E-state index in [9.17, 15) is 18.4 Å². The molecule has 0 bridgehead atoms. The highest BCUT2D eigenvalue weighted by atomic mass is 19.1. The van der Waals surface area contributed by atoms with E-state index >= 15 is 0 Å². The van der Waals surface area contributed by atoms with Crippen LogP contribution < -0.4 is 5.32 Å². The second kappa shape index (κ2) is 7.83. The minimum absolute atomic E-state index is 0.310. The molecule has 20 heavy (non-hydrogen) atoms. The summed E-state index contributed by atoms with van der Waals surface area (Å²) in [5, 5.41) is 2.10. The minimum Gasteiger partial charge on any atom is -0.452 e. The molecule has 4 nitrogen and oxygen atoms in total. The van der Waals surface area contributed by atoms with Gasteiger partial charge in [0.05, 0.1) is 5.69 Å². The van der Waals surface area contributed by atoms with Crippen LogP contribution in [0, 0.1) is 11.6 Å². The molecule has 0 fully saturated rings. The summed E-state index contributed by atoms with van der Waals surface area (Å²) in [5.74, 6) is -2.94. The Hall–Kier alpha value is -2.50. The smallest absolute Gasteiger partial charge is 0.331 e. The predicted octanol–water partition coefficient (Wildman–Crippen LogP) is 2.58. The van der Waals surface area contributed by atoms with Gasteiger partial charge in [-0.3, -0.25) is 4.79 Å². The molecule has 0 aromatic heterocycles. The normalized spacial score (nSPS) is 10.9. The topological polar surface area (TPSA) is 55.4 Å². The molecule has 0 unspecified atom stereocenters. The van der Waals surface area contributed by atoms with E-state index < -0.39 is 30.1 Å². The van der Waals surface area contributed by atoms with Crippen LogP contribution in [0.2, 0.25) is 0 Å². The number of allylic oxidation sites excluding steroid dienone is 3. The van der Waals surface area contributed by atoms with Gasteiger partial charge in [0, 0.05) is 12.1 Å². The Bertz CT molecular complexity index is 553. The summed E-state index contributed by atoms with van der Waals surface area (Å²) in [6, 6.07) is 2.65. The largest absolute Gasteiger partial charge is 0.452 e. The summed E-state index contributed by atoms with van der Waals surface area (Å²) >= 11 is 0. The number of benzene rings is 1. The van der Waals surface area contributed by atoms with Crippen LogP contribution in [-0.2, 0) is 14.3 Å². The first kappa shape index (κ1) is 15.6. The van der Waals surface area contributed by atoms with Gasteiger partial charge in [0.1, 0.15) is 11.6 Å². The number of nitrogens with one attached hydrogen (secondary N) is 1. The Morgan fingerprint density at radius 2 is 2.05 bits per heavy atom. The van der Waals surface area contributed by atoms with Gasteiger partial charge in [-0.15, -0.1) is 0 Å². The van der Waals surface area contributed by atoms with Crippen LogP contribution in [0.25, 0.3) is 0 Å². The number of hydrogen-bond acceptors (Lipinski definition) is 3. The van der Waals surface area contributed by atoms with Gasteiger partial charge in [-0.2, -0.15) is 0 Å². The SMILES string of the molecule is C/C=C/C=C/C(=O)OCC(=O)Nc1cc(F)ccc1F. The van der Waals surface area contributed by atoms with Gasteiger partial charge < -0.3 is 10.1 Å². The molecule has 1 N–H and O–H groups in total. The molecule has 1 aromatic rings. The number of esters is 1. The molecule has 0 radical (unpaired) electrons. The highest BCUT2D eigenvalue weighted by Gasteiger charge is 2.09. The summed E-state index contributed by atoms with van der Waals surface area (Å²) in [7, 11) is 0. The van der Waals surface area contributed by atoms with Crippen molar-refractivity contribution in [2.45, 2.75) is 6.92 Å². The fraction of sp³-hybridized carbons (Fsp3) is 0.143. The van der Waals surface area contributed by atoms with E-state index in [1.807, 2.05) is 0 Å². The van der Waals surface area contributed by atoms with Crippen molar-refractivity contribution in [3.05, 3.63) is 54.1 Å². The van der Waals surface area contributed by atoms with Gasteiger partial charge in [0.25, 0.3) is 5.91 Å². The number of carbonyl (C=O) groups is 2. The fourth-order valence-electron chi connectivity index (χ4n) is 1.21. The summed E-state index contributed by atoms with van der Waals surface area (Å²) < 4.78 is 30.7. The zero-order valence-electron chi connectivity index (χ0n) is 10.7. The van der Waals surface area contributed by atoms with Crippen LogP contribution in [0.3, 0.4) is 0 Å². The molecule has 0 heterocycles. The van der Waals surface area contributed by atoms with E-state index in [1.165, 1.54) is 6.08 Å². The summed E-state index contributed by atoms with van der Waals surface area (Å²) in [5.41, 5.74) is -0.310. The molecular formula is C14H13F2NO3. The molecule has 0 spiro atoms. The van der Waals surface area contributed by atoms with E-state index in [4.69, 9.17) is 0 Å². The number of ether oxygens (including phenoxy) is 1.